The lowest BCUT2D eigenvalue weighted by molar-refractivity contribution is -0.181. The number of ether oxygens (including phenoxy) is 1. The fourth-order valence-electron chi connectivity index (χ4n) is 1.33. The van der Waals surface area contributed by atoms with E-state index in [1.807, 2.05) is 20.8 Å². The van der Waals surface area contributed by atoms with Crippen molar-refractivity contribution >= 4 is 11.9 Å². The van der Waals surface area contributed by atoms with Crippen molar-refractivity contribution < 1.29 is 14.3 Å². The van der Waals surface area contributed by atoms with Gasteiger partial charge in [0.05, 0.1) is 11.3 Å². The lowest BCUT2D eigenvalue weighted by Crippen LogP contribution is -2.46. The van der Waals surface area contributed by atoms with Crippen LogP contribution in [-0.4, -0.2) is 11.9 Å². The van der Waals surface area contributed by atoms with Crippen molar-refractivity contribution in [1.29, 1.82) is 0 Å². The van der Waals surface area contributed by atoms with Gasteiger partial charge in [0.1, 0.15) is 0 Å². The maximum Gasteiger partial charge on any atom is 0.319 e. The molecular weight excluding hydrogens is 156 g/mol. The third-order valence-electron chi connectivity index (χ3n) is 2.98. The molecule has 0 aromatic heterocycles. The van der Waals surface area contributed by atoms with Gasteiger partial charge in [-0.05, 0) is 19.8 Å². The summed E-state index contributed by atoms with van der Waals surface area (Å²) in [7, 11) is 0. The summed E-state index contributed by atoms with van der Waals surface area (Å²) in [4.78, 5) is 22.3. The number of carbonyl (C=O) groups excluding carboxylic acids is 2. The standard InChI is InChI=1S/C9H14O3/c1-5-6(2)9(3,4)8(11)12-7(5)10/h5-6H,1-4H3. The molecule has 3 heteroatoms. The molecule has 1 heterocycles. The first-order valence-electron chi connectivity index (χ1n) is 4.13. The first kappa shape index (κ1) is 9.23. The van der Waals surface area contributed by atoms with E-state index in [4.69, 9.17) is 0 Å². The van der Waals surface area contributed by atoms with Crippen LogP contribution in [0.5, 0.6) is 0 Å². The third-order valence-corrected chi connectivity index (χ3v) is 2.98. The molecule has 0 aromatic carbocycles. The van der Waals surface area contributed by atoms with Crippen LogP contribution in [0.2, 0.25) is 0 Å². The Morgan fingerprint density at radius 3 is 2.25 bits per heavy atom. The number of rotatable bonds is 0. The Kier molecular flexibility index (Phi) is 1.98. The average Bonchev–Trinajstić information content (AvgIpc) is 1.99. The summed E-state index contributed by atoms with van der Waals surface area (Å²) >= 11 is 0. The first-order chi connectivity index (χ1) is 5.37. The van der Waals surface area contributed by atoms with Crippen LogP contribution >= 0.6 is 0 Å². The minimum atomic E-state index is -0.534. The molecule has 1 aliphatic heterocycles. The summed E-state index contributed by atoms with van der Waals surface area (Å²) in [5.74, 6) is -0.936. The highest BCUT2D eigenvalue weighted by Crippen LogP contribution is 2.38. The topological polar surface area (TPSA) is 43.4 Å². The fraction of sp³-hybridized carbons (Fsp3) is 0.778. The van der Waals surface area contributed by atoms with E-state index in [1.165, 1.54) is 0 Å². The summed E-state index contributed by atoms with van der Waals surface area (Å²) in [6.07, 6.45) is 0. The van der Waals surface area contributed by atoms with Gasteiger partial charge in [-0.2, -0.15) is 0 Å². The van der Waals surface area contributed by atoms with Gasteiger partial charge < -0.3 is 4.74 Å². The van der Waals surface area contributed by atoms with Crippen molar-refractivity contribution in [2.24, 2.45) is 17.3 Å². The van der Waals surface area contributed by atoms with Crippen molar-refractivity contribution in [3.8, 4) is 0 Å². The molecule has 0 radical (unpaired) electrons. The number of hydrogen-bond acceptors (Lipinski definition) is 3. The SMILES string of the molecule is CC1C(=O)OC(=O)C(C)(C)C1C. The zero-order chi connectivity index (χ0) is 9.52. The van der Waals surface area contributed by atoms with Crippen LogP contribution in [0.1, 0.15) is 27.7 Å². The minimum absolute atomic E-state index is 0.0475. The maximum absolute atomic E-state index is 11.2. The molecular formula is C9H14O3. The van der Waals surface area contributed by atoms with Crippen LogP contribution in [0.3, 0.4) is 0 Å². The van der Waals surface area contributed by atoms with Crippen molar-refractivity contribution in [1.82, 2.24) is 0 Å². The summed E-state index contributed by atoms with van der Waals surface area (Å²) in [5, 5.41) is 0. The van der Waals surface area contributed by atoms with Crippen LogP contribution < -0.4 is 0 Å². The van der Waals surface area contributed by atoms with Crippen LogP contribution in [0.15, 0.2) is 0 Å². The van der Waals surface area contributed by atoms with E-state index < -0.39 is 17.4 Å². The third kappa shape index (κ3) is 1.13. The van der Waals surface area contributed by atoms with Gasteiger partial charge in [0.15, 0.2) is 0 Å². The highest BCUT2D eigenvalue weighted by atomic mass is 16.6. The Hall–Kier alpha value is -0.860. The van der Waals surface area contributed by atoms with Gasteiger partial charge >= 0.3 is 11.9 Å². The molecule has 12 heavy (non-hydrogen) atoms. The van der Waals surface area contributed by atoms with Gasteiger partial charge in [0.25, 0.3) is 0 Å². The van der Waals surface area contributed by atoms with Gasteiger partial charge in [0.2, 0.25) is 0 Å². The predicted octanol–water partition coefficient (Wildman–Crippen LogP) is 1.37. The number of hydrogen-bond donors (Lipinski definition) is 0. The molecule has 1 rings (SSSR count). The second kappa shape index (κ2) is 2.57. The van der Waals surface area contributed by atoms with Gasteiger partial charge in [0, 0.05) is 0 Å². The van der Waals surface area contributed by atoms with E-state index in [0.29, 0.717) is 0 Å². The first-order valence-corrected chi connectivity index (χ1v) is 4.13. The van der Waals surface area contributed by atoms with Gasteiger partial charge in [-0.25, -0.2) is 0 Å². The summed E-state index contributed by atoms with van der Waals surface area (Å²) in [6, 6.07) is 0. The van der Waals surface area contributed by atoms with Crippen molar-refractivity contribution in [3.05, 3.63) is 0 Å². The van der Waals surface area contributed by atoms with Crippen LogP contribution in [0, 0.1) is 17.3 Å². The second-order valence-electron chi connectivity index (χ2n) is 4.01. The number of carbonyl (C=O) groups is 2. The molecule has 0 amide bonds. The summed E-state index contributed by atoms with van der Waals surface area (Å²) < 4.78 is 4.61. The fourth-order valence-corrected chi connectivity index (χ4v) is 1.33. The van der Waals surface area contributed by atoms with E-state index in [0.717, 1.165) is 0 Å². The summed E-state index contributed by atoms with van der Waals surface area (Å²) in [6.45, 7) is 7.32. The lowest BCUT2D eigenvalue weighted by atomic mass is 9.72. The van der Waals surface area contributed by atoms with Crippen LogP contribution in [0.25, 0.3) is 0 Å². The molecule has 1 aliphatic rings. The molecule has 1 saturated heterocycles. The van der Waals surface area contributed by atoms with Gasteiger partial charge in [-0.3, -0.25) is 9.59 Å². The molecule has 0 aromatic rings. The zero-order valence-electron chi connectivity index (χ0n) is 7.88. The molecule has 0 bridgehead atoms. The van der Waals surface area contributed by atoms with Crippen molar-refractivity contribution in [2.45, 2.75) is 27.7 Å². The van der Waals surface area contributed by atoms with Crippen LogP contribution in [-0.2, 0) is 14.3 Å². The summed E-state index contributed by atoms with van der Waals surface area (Å²) in [5.41, 5.74) is -0.534. The average molecular weight is 170 g/mol. The van der Waals surface area contributed by atoms with Crippen molar-refractivity contribution in [2.75, 3.05) is 0 Å². The molecule has 0 saturated carbocycles. The Labute approximate surface area is 72.1 Å². The molecule has 0 N–H and O–H groups in total. The molecule has 3 nitrogen and oxygen atoms in total. The normalized spacial score (nSPS) is 34.7. The van der Waals surface area contributed by atoms with E-state index in [9.17, 15) is 9.59 Å². The molecule has 0 spiro atoms. The number of cyclic esters (lactones) is 2. The van der Waals surface area contributed by atoms with Crippen molar-refractivity contribution in [3.63, 3.8) is 0 Å². The Morgan fingerprint density at radius 2 is 1.75 bits per heavy atom. The quantitative estimate of drug-likeness (QED) is 0.407. The largest absolute Gasteiger partial charge is 0.393 e. The van der Waals surface area contributed by atoms with E-state index in [1.54, 1.807) is 6.92 Å². The molecule has 0 aliphatic carbocycles. The number of esters is 2. The molecule has 2 atom stereocenters. The van der Waals surface area contributed by atoms with Crippen LogP contribution in [0.4, 0.5) is 0 Å². The van der Waals surface area contributed by atoms with E-state index in [2.05, 4.69) is 4.74 Å². The highest BCUT2D eigenvalue weighted by molar-refractivity contribution is 5.92. The Morgan fingerprint density at radius 1 is 1.25 bits per heavy atom. The van der Waals surface area contributed by atoms with Gasteiger partial charge in [-0.1, -0.05) is 13.8 Å². The zero-order valence-corrected chi connectivity index (χ0v) is 7.88. The monoisotopic (exact) mass is 170 g/mol. The predicted molar refractivity (Wildman–Crippen MR) is 43.2 cm³/mol. The highest BCUT2D eigenvalue weighted by Gasteiger charge is 2.46. The van der Waals surface area contributed by atoms with Gasteiger partial charge in [-0.15, -0.1) is 0 Å². The Balaban J connectivity index is 2.95. The smallest absolute Gasteiger partial charge is 0.319 e. The Bertz CT molecular complexity index is 230. The molecule has 2 unspecified atom stereocenters. The molecule has 68 valence electrons. The van der Waals surface area contributed by atoms with E-state index in [-0.39, 0.29) is 11.8 Å². The molecule has 1 fully saturated rings. The second-order valence-corrected chi connectivity index (χ2v) is 4.01. The van der Waals surface area contributed by atoms with E-state index >= 15 is 0 Å². The minimum Gasteiger partial charge on any atom is -0.393 e. The maximum atomic E-state index is 11.2. The lowest BCUT2D eigenvalue weighted by Gasteiger charge is -2.36.